The first kappa shape index (κ1) is 16.5. The maximum absolute atomic E-state index is 12.9. The molecule has 1 saturated carbocycles. The summed E-state index contributed by atoms with van der Waals surface area (Å²) in [5.41, 5.74) is 1.43. The molecule has 0 unspecified atom stereocenters. The van der Waals surface area contributed by atoms with E-state index in [4.69, 9.17) is 0 Å². The van der Waals surface area contributed by atoms with Crippen molar-refractivity contribution in [2.45, 2.75) is 37.3 Å². The van der Waals surface area contributed by atoms with Crippen molar-refractivity contribution >= 4 is 39.6 Å². The molecule has 1 aliphatic heterocycles. The Morgan fingerprint density at radius 2 is 2.04 bits per heavy atom. The van der Waals surface area contributed by atoms with Crippen molar-refractivity contribution < 1.29 is 9.59 Å². The number of anilines is 1. The van der Waals surface area contributed by atoms with Gasteiger partial charge >= 0.3 is 0 Å². The van der Waals surface area contributed by atoms with Crippen LogP contribution in [0.1, 0.15) is 36.2 Å². The molecule has 2 fully saturated rings. The van der Waals surface area contributed by atoms with Gasteiger partial charge in [0, 0.05) is 36.1 Å². The van der Waals surface area contributed by atoms with Crippen LogP contribution in [-0.2, 0) is 4.79 Å². The number of nitrogens with zero attached hydrogens (tertiary/aromatic N) is 3. The maximum Gasteiger partial charge on any atom is 0.273 e. The molecule has 2 aliphatic rings. The van der Waals surface area contributed by atoms with Crippen molar-refractivity contribution in [1.29, 1.82) is 0 Å². The fourth-order valence-electron chi connectivity index (χ4n) is 3.02. The molecule has 2 amide bonds. The van der Waals surface area contributed by atoms with Crippen molar-refractivity contribution in [3.63, 3.8) is 0 Å². The Bertz CT molecular complexity index is 735. The molecule has 3 heterocycles. The van der Waals surface area contributed by atoms with Gasteiger partial charge in [-0.25, -0.2) is 9.97 Å². The van der Waals surface area contributed by atoms with Crippen LogP contribution in [0.3, 0.4) is 0 Å². The summed E-state index contributed by atoms with van der Waals surface area (Å²) in [4.78, 5) is 35.5. The second-order valence-electron chi connectivity index (χ2n) is 6.46. The Morgan fingerprint density at radius 1 is 1.24 bits per heavy atom. The minimum atomic E-state index is -0.709. The van der Waals surface area contributed by atoms with Crippen molar-refractivity contribution in [2.75, 3.05) is 18.4 Å². The Labute approximate surface area is 153 Å². The number of amides is 2. The summed E-state index contributed by atoms with van der Waals surface area (Å²) in [5.74, 6) is -0.0438. The minimum absolute atomic E-state index is 0.0194. The first-order valence-electron chi connectivity index (χ1n) is 8.32. The number of rotatable bonds is 5. The standard InChI is InChI=1S/C16H19N5O2S2/c22-13(12-9-24-10-18-12)21-6-3-16(4-7-21,14(23)19-11-1-2-11)20-15-17-5-8-25-15/h5,8-11H,1-4,6-7H2,(H,17,20)(H,19,23). The molecule has 0 aromatic carbocycles. The van der Waals surface area contributed by atoms with Crippen LogP contribution >= 0.6 is 22.7 Å². The van der Waals surface area contributed by atoms with Crippen LogP contribution in [0.25, 0.3) is 0 Å². The van der Waals surface area contributed by atoms with E-state index >= 15 is 0 Å². The molecule has 0 bridgehead atoms. The Balaban J connectivity index is 1.48. The normalized spacial score (nSPS) is 19.4. The highest BCUT2D eigenvalue weighted by molar-refractivity contribution is 7.13. The van der Waals surface area contributed by atoms with Gasteiger partial charge in [-0.2, -0.15) is 0 Å². The van der Waals surface area contributed by atoms with E-state index in [-0.39, 0.29) is 11.8 Å². The van der Waals surface area contributed by atoms with E-state index in [1.165, 1.54) is 22.7 Å². The third kappa shape index (κ3) is 3.52. The van der Waals surface area contributed by atoms with E-state index in [1.807, 2.05) is 5.38 Å². The molecule has 0 spiro atoms. The lowest BCUT2D eigenvalue weighted by Crippen LogP contribution is -2.59. The van der Waals surface area contributed by atoms with E-state index < -0.39 is 5.54 Å². The van der Waals surface area contributed by atoms with Crippen LogP contribution in [0.5, 0.6) is 0 Å². The summed E-state index contributed by atoms with van der Waals surface area (Å²) in [5, 5.41) is 10.8. The van der Waals surface area contributed by atoms with Crippen molar-refractivity contribution in [3.8, 4) is 0 Å². The molecule has 2 aromatic rings. The molecule has 0 radical (unpaired) electrons. The average Bonchev–Trinajstić information content (AvgIpc) is 3.08. The predicted octanol–water partition coefficient (Wildman–Crippen LogP) is 1.97. The molecular formula is C16H19N5O2S2. The fourth-order valence-corrected chi connectivity index (χ4v) is 4.17. The first-order chi connectivity index (χ1) is 12.2. The number of hydrogen-bond donors (Lipinski definition) is 2. The topological polar surface area (TPSA) is 87.2 Å². The lowest BCUT2D eigenvalue weighted by Gasteiger charge is -2.41. The molecule has 2 aromatic heterocycles. The van der Waals surface area contributed by atoms with Gasteiger partial charge < -0.3 is 15.5 Å². The van der Waals surface area contributed by atoms with Gasteiger partial charge in [-0.15, -0.1) is 22.7 Å². The number of aromatic nitrogens is 2. The summed E-state index contributed by atoms with van der Waals surface area (Å²) in [6, 6.07) is 0.303. The van der Waals surface area contributed by atoms with Crippen LogP contribution in [0.4, 0.5) is 5.13 Å². The average molecular weight is 377 g/mol. The van der Waals surface area contributed by atoms with Crippen LogP contribution in [-0.4, -0.2) is 51.4 Å². The molecule has 132 valence electrons. The smallest absolute Gasteiger partial charge is 0.273 e. The first-order valence-corrected chi connectivity index (χ1v) is 10.1. The number of nitrogens with one attached hydrogen (secondary N) is 2. The Kier molecular flexibility index (Phi) is 4.43. The molecule has 4 rings (SSSR count). The number of likely N-dealkylation sites (tertiary alicyclic amines) is 1. The van der Waals surface area contributed by atoms with E-state index in [0.717, 1.165) is 18.0 Å². The van der Waals surface area contributed by atoms with Gasteiger partial charge in [0.05, 0.1) is 5.51 Å². The molecule has 2 N–H and O–H groups in total. The van der Waals surface area contributed by atoms with Crippen LogP contribution in [0, 0.1) is 0 Å². The van der Waals surface area contributed by atoms with E-state index in [0.29, 0.717) is 37.7 Å². The van der Waals surface area contributed by atoms with Gasteiger partial charge in [0.2, 0.25) is 5.91 Å². The second kappa shape index (κ2) is 6.72. The summed E-state index contributed by atoms with van der Waals surface area (Å²) in [6.07, 6.45) is 4.93. The quantitative estimate of drug-likeness (QED) is 0.832. The minimum Gasteiger partial charge on any atom is -0.351 e. The third-order valence-corrected chi connectivity index (χ3v) is 5.96. The summed E-state index contributed by atoms with van der Waals surface area (Å²) < 4.78 is 0. The van der Waals surface area contributed by atoms with Crippen LogP contribution in [0.15, 0.2) is 22.5 Å². The zero-order valence-electron chi connectivity index (χ0n) is 13.6. The lowest BCUT2D eigenvalue weighted by molar-refractivity contribution is -0.127. The van der Waals surface area contributed by atoms with Gasteiger partial charge in [-0.3, -0.25) is 9.59 Å². The van der Waals surface area contributed by atoms with Crippen LogP contribution < -0.4 is 10.6 Å². The number of thiazole rings is 2. The zero-order chi connectivity index (χ0) is 17.3. The molecule has 1 saturated heterocycles. The number of hydrogen-bond acceptors (Lipinski definition) is 7. The number of carbonyl (C=O) groups is 2. The van der Waals surface area contributed by atoms with Crippen molar-refractivity contribution in [1.82, 2.24) is 20.2 Å². The number of carbonyl (C=O) groups excluding carboxylic acids is 2. The Morgan fingerprint density at radius 3 is 2.64 bits per heavy atom. The monoisotopic (exact) mass is 377 g/mol. The van der Waals surface area contributed by atoms with E-state index in [9.17, 15) is 9.59 Å². The molecule has 25 heavy (non-hydrogen) atoms. The molecule has 9 heteroatoms. The van der Waals surface area contributed by atoms with Crippen LogP contribution in [0.2, 0.25) is 0 Å². The largest absolute Gasteiger partial charge is 0.351 e. The third-order valence-electron chi connectivity index (χ3n) is 4.68. The molecule has 0 atom stereocenters. The van der Waals surface area contributed by atoms with Crippen molar-refractivity contribution in [2.24, 2.45) is 0 Å². The molecule has 7 nitrogen and oxygen atoms in total. The van der Waals surface area contributed by atoms with Gasteiger partial charge in [-0.05, 0) is 25.7 Å². The highest BCUT2D eigenvalue weighted by atomic mass is 32.1. The summed E-state index contributed by atoms with van der Waals surface area (Å²) >= 11 is 2.89. The van der Waals surface area contributed by atoms with Gasteiger partial charge in [0.15, 0.2) is 5.13 Å². The lowest BCUT2D eigenvalue weighted by atomic mass is 9.86. The second-order valence-corrected chi connectivity index (χ2v) is 8.07. The highest BCUT2D eigenvalue weighted by Crippen LogP contribution is 2.30. The summed E-state index contributed by atoms with van der Waals surface area (Å²) in [7, 11) is 0. The summed E-state index contributed by atoms with van der Waals surface area (Å²) in [6.45, 7) is 1.04. The number of piperidine rings is 1. The fraction of sp³-hybridized carbons (Fsp3) is 0.500. The van der Waals surface area contributed by atoms with Gasteiger partial charge in [-0.1, -0.05) is 0 Å². The van der Waals surface area contributed by atoms with Gasteiger partial charge in [0.1, 0.15) is 11.2 Å². The predicted molar refractivity (Wildman–Crippen MR) is 96.9 cm³/mol. The van der Waals surface area contributed by atoms with E-state index in [1.54, 1.807) is 22.0 Å². The Hall–Kier alpha value is -2.00. The molecular weight excluding hydrogens is 358 g/mol. The highest BCUT2D eigenvalue weighted by Gasteiger charge is 2.44. The van der Waals surface area contributed by atoms with E-state index in [2.05, 4.69) is 20.6 Å². The maximum atomic E-state index is 12.9. The zero-order valence-corrected chi connectivity index (χ0v) is 15.2. The molecule has 1 aliphatic carbocycles. The van der Waals surface area contributed by atoms with Crippen molar-refractivity contribution in [3.05, 3.63) is 28.2 Å². The SMILES string of the molecule is O=C(c1cscn1)N1CCC(Nc2nccs2)(C(=O)NC2CC2)CC1. The van der Waals surface area contributed by atoms with Gasteiger partial charge in [0.25, 0.3) is 5.91 Å².